The number of fused-ring (bicyclic) bond motifs is 1. The zero-order valence-electron chi connectivity index (χ0n) is 15.8. The normalized spacial score (nSPS) is 17.3. The zero-order chi connectivity index (χ0) is 18.5. The van der Waals surface area contributed by atoms with Gasteiger partial charge in [0, 0.05) is 57.8 Å². The lowest BCUT2D eigenvalue weighted by Crippen LogP contribution is -2.52. The minimum absolute atomic E-state index is 0.0262. The van der Waals surface area contributed by atoms with Gasteiger partial charge in [-0.25, -0.2) is 4.79 Å². The summed E-state index contributed by atoms with van der Waals surface area (Å²) in [6, 6.07) is 10.4. The number of hydrogen-bond donors (Lipinski definition) is 1. The molecule has 1 fully saturated rings. The Morgan fingerprint density at radius 3 is 2.59 bits per heavy atom. The molecule has 2 aromatic rings. The molecule has 0 radical (unpaired) electrons. The van der Waals surface area contributed by atoms with E-state index in [-0.39, 0.29) is 6.03 Å². The molecule has 2 aliphatic rings. The van der Waals surface area contributed by atoms with Crippen molar-refractivity contribution in [2.75, 3.05) is 37.6 Å². The summed E-state index contributed by atoms with van der Waals surface area (Å²) < 4.78 is 2.25. The second-order valence-corrected chi connectivity index (χ2v) is 7.29. The summed E-state index contributed by atoms with van der Waals surface area (Å²) in [5.74, 6) is 2.10. The number of hydrogen-bond acceptors (Lipinski definition) is 4. The Morgan fingerprint density at radius 2 is 1.78 bits per heavy atom. The van der Waals surface area contributed by atoms with Crippen LogP contribution in [0.3, 0.4) is 0 Å². The van der Waals surface area contributed by atoms with E-state index < -0.39 is 0 Å². The number of nitrogens with one attached hydrogen (secondary N) is 1. The van der Waals surface area contributed by atoms with Crippen LogP contribution in [0, 0.1) is 0 Å². The Bertz CT molecular complexity index is 751. The lowest BCUT2D eigenvalue weighted by Gasteiger charge is -2.36. The highest BCUT2D eigenvalue weighted by Crippen LogP contribution is 2.16. The highest BCUT2D eigenvalue weighted by Gasteiger charge is 2.21. The number of anilines is 1. The van der Waals surface area contributed by atoms with E-state index in [0.717, 1.165) is 57.2 Å². The number of rotatable bonds is 4. The van der Waals surface area contributed by atoms with Gasteiger partial charge in [0.25, 0.3) is 0 Å². The maximum atomic E-state index is 12.5. The van der Waals surface area contributed by atoms with Crippen molar-refractivity contribution in [3.05, 3.63) is 42.0 Å². The molecule has 7 nitrogen and oxygen atoms in total. The first-order valence-electron chi connectivity index (χ1n) is 10.0. The molecular formula is C20H28N6O. The Labute approximate surface area is 160 Å². The third-order valence-corrected chi connectivity index (χ3v) is 5.50. The van der Waals surface area contributed by atoms with Crippen LogP contribution in [-0.2, 0) is 19.4 Å². The van der Waals surface area contributed by atoms with Crippen LogP contribution in [-0.4, -0.2) is 58.4 Å². The van der Waals surface area contributed by atoms with Crippen LogP contribution in [0.2, 0.25) is 0 Å². The largest absolute Gasteiger partial charge is 0.368 e. The number of para-hydroxylation sites is 1. The van der Waals surface area contributed by atoms with E-state index in [4.69, 9.17) is 0 Å². The van der Waals surface area contributed by atoms with Gasteiger partial charge in [-0.3, -0.25) is 0 Å². The van der Waals surface area contributed by atoms with E-state index >= 15 is 0 Å². The summed E-state index contributed by atoms with van der Waals surface area (Å²) in [6.45, 7) is 4.86. The molecule has 1 N–H and O–H groups in total. The first-order chi connectivity index (χ1) is 13.3. The van der Waals surface area contributed by atoms with E-state index in [0.29, 0.717) is 6.54 Å². The SMILES string of the molecule is O=C(NCCc1nnc2n1CCCCC2)N1CCN(c2ccccc2)CC1. The van der Waals surface area contributed by atoms with Gasteiger partial charge in [0.1, 0.15) is 11.6 Å². The van der Waals surface area contributed by atoms with Crippen LogP contribution < -0.4 is 10.2 Å². The summed E-state index contributed by atoms with van der Waals surface area (Å²) in [4.78, 5) is 16.7. The average molecular weight is 368 g/mol. The Kier molecular flexibility index (Phi) is 5.55. The van der Waals surface area contributed by atoms with E-state index in [1.54, 1.807) is 0 Å². The molecule has 2 amide bonds. The van der Waals surface area contributed by atoms with E-state index in [1.807, 2.05) is 11.0 Å². The number of carbonyl (C=O) groups excluding carboxylic acids is 1. The van der Waals surface area contributed by atoms with Gasteiger partial charge in [0.2, 0.25) is 0 Å². The molecule has 0 bridgehead atoms. The molecule has 2 aliphatic heterocycles. The molecule has 1 aromatic heterocycles. The van der Waals surface area contributed by atoms with Crippen LogP contribution in [0.5, 0.6) is 0 Å². The molecule has 27 heavy (non-hydrogen) atoms. The van der Waals surface area contributed by atoms with Crippen molar-refractivity contribution in [2.45, 2.75) is 38.6 Å². The third-order valence-electron chi connectivity index (χ3n) is 5.50. The monoisotopic (exact) mass is 368 g/mol. The summed E-state index contributed by atoms with van der Waals surface area (Å²) in [7, 11) is 0. The van der Waals surface area contributed by atoms with Crippen molar-refractivity contribution in [1.29, 1.82) is 0 Å². The van der Waals surface area contributed by atoms with E-state index in [2.05, 4.69) is 49.2 Å². The molecule has 3 heterocycles. The van der Waals surface area contributed by atoms with Crippen LogP contribution in [0.1, 0.15) is 30.9 Å². The van der Waals surface area contributed by atoms with Gasteiger partial charge in [-0.2, -0.15) is 0 Å². The van der Waals surface area contributed by atoms with Crippen molar-refractivity contribution in [2.24, 2.45) is 0 Å². The summed E-state index contributed by atoms with van der Waals surface area (Å²) in [6.07, 6.45) is 5.40. The Balaban J connectivity index is 1.23. The molecule has 1 saturated heterocycles. The second-order valence-electron chi connectivity index (χ2n) is 7.29. The van der Waals surface area contributed by atoms with Crippen molar-refractivity contribution in [3.63, 3.8) is 0 Å². The fraction of sp³-hybridized carbons (Fsp3) is 0.550. The van der Waals surface area contributed by atoms with Crippen LogP contribution in [0.4, 0.5) is 10.5 Å². The average Bonchev–Trinajstić information content (AvgIpc) is 2.95. The van der Waals surface area contributed by atoms with Gasteiger partial charge in [0.05, 0.1) is 0 Å². The van der Waals surface area contributed by atoms with Crippen molar-refractivity contribution in [3.8, 4) is 0 Å². The number of amides is 2. The van der Waals surface area contributed by atoms with Crippen LogP contribution in [0.25, 0.3) is 0 Å². The highest BCUT2D eigenvalue weighted by atomic mass is 16.2. The molecule has 0 saturated carbocycles. The van der Waals surface area contributed by atoms with Gasteiger partial charge < -0.3 is 19.7 Å². The molecule has 7 heteroatoms. The summed E-state index contributed by atoms with van der Waals surface area (Å²) in [5.41, 5.74) is 1.23. The molecule has 0 aliphatic carbocycles. The van der Waals surface area contributed by atoms with Gasteiger partial charge >= 0.3 is 6.03 Å². The molecule has 0 unspecified atom stereocenters. The molecule has 1 aromatic carbocycles. The number of aryl methyl sites for hydroxylation is 1. The lowest BCUT2D eigenvalue weighted by atomic mass is 10.2. The van der Waals surface area contributed by atoms with Crippen LogP contribution >= 0.6 is 0 Å². The number of piperazine rings is 1. The molecule has 0 spiro atoms. The first-order valence-corrected chi connectivity index (χ1v) is 10.0. The maximum Gasteiger partial charge on any atom is 0.317 e. The fourth-order valence-corrected chi connectivity index (χ4v) is 3.93. The minimum Gasteiger partial charge on any atom is -0.368 e. The molecule has 4 rings (SSSR count). The Hall–Kier alpha value is -2.57. The highest BCUT2D eigenvalue weighted by molar-refractivity contribution is 5.74. The molecular weight excluding hydrogens is 340 g/mol. The quantitative estimate of drug-likeness (QED) is 0.897. The predicted molar refractivity (Wildman–Crippen MR) is 105 cm³/mol. The fourth-order valence-electron chi connectivity index (χ4n) is 3.93. The smallest absolute Gasteiger partial charge is 0.317 e. The second kappa shape index (κ2) is 8.41. The maximum absolute atomic E-state index is 12.5. The summed E-state index contributed by atoms with van der Waals surface area (Å²) in [5, 5.41) is 11.7. The van der Waals surface area contributed by atoms with Gasteiger partial charge in [0.15, 0.2) is 0 Å². The molecule has 144 valence electrons. The molecule has 0 atom stereocenters. The number of carbonyl (C=O) groups is 1. The summed E-state index contributed by atoms with van der Waals surface area (Å²) >= 11 is 0. The topological polar surface area (TPSA) is 66.3 Å². The standard InChI is InChI=1S/C20H28N6O/c27-20(25-15-13-24(14-16-25)17-7-3-1-4-8-17)21-11-10-19-23-22-18-9-5-2-6-12-26(18)19/h1,3-4,7-8H,2,5-6,9-16H2,(H,21,27). The zero-order valence-corrected chi connectivity index (χ0v) is 15.8. The van der Waals surface area contributed by atoms with E-state index in [9.17, 15) is 4.79 Å². The third kappa shape index (κ3) is 4.23. The van der Waals surface area contributed by atoms with Gasteiger partial charge in [-0.15, -0.1) is 10.2 Å². The number of nitrogens with zero attached hydrogens (tertiary/aromatic N) is 5. The van der Waals surface area contributed by atoms with Gasteiger partial charge in [-0.05, 0) is 25.0 Å². The van der Waals surface area contributed by atoms with Crippen molar-refractivity contribution in [1.82, 2.24) is 25.0 Å². The van der Waals surface area contributed by atoms with Crippen molar-refractivity contribution < 1.29 is 4.79 Å². The number of urea groups is 1. The van der Waals surface area contributed by atoms with Gasteiger partial charge in [-0.1, -0.05) is 24.6 Å². The first kappa shape index (κ1) is 17.8. The van der Waals surface area contributed by atoms with Crippen LogP contribution in [0.15, 0.2) is 30.3 Å². The minimum atomic E-state index is 0.0262. The Morgan fingerprint density at radius 1 is 0.963 bits per heavy atom. The predicted octanol–water partition coefficient (Wildman–Crippen LogP) is 2.08. The number of aromatic nitrogens is 3. The number of benzene rings is 1. The van der Waals surface area contributed by atoms with Crippen molar-refractivity contribution >= 4 is 11.7 Å². The lowest BCUT2D eigenvalue weighted by molar-refractivity contribution is 0.194. The van der Waals surface area contributed by atoms with E-state index in [1.165, 1.54) is 24.9 Å².